The predicted octanol–water partition coefficient (Wildman–Crippen LogP) is 11.8. The number of para-hydroxylation sites is 2. The summed E-state index contributed by atoms with van der Waals surface area (Å²) in [6, 6.07) is 31.9. The number of carboxylic acids is 2. The minimum absolute atomic E-state index is 0.0923. The molecule has 4 aromatic carbocycles. The maximum atomic E-state index is 12.7. The van der Waals surface area contributed by atoms with Gasteiger partial charge in [-0.1, -0.05) is 82.5 Å². The number of rotatable bonds is 26. The number of hydrogen-bond donors (Lipinski definition) is 3. The minimum Gasteiger partial charge on any atom is -0.478 e. The monoisotopic (exact) mass is 871 g/mol. The van der Waals surface area contributed by atoms with Crippen LogP contribution in [0.1, 0.15) is 105 Å². The van der Waals surface area contributed by atoms with Gasteiger partial charge in [0, 0.05) is 45.5 Å². The van der Waals surface area contributed by atoms with Crippen LogP contribution in [0.5, 0.6) is 23.0 Å². The first-order valence-corrected chi connectivity index (χ1v) is 23.1. The van der Waals surface area contributed by atoms with Gasteiger partial charge in [0.05, 0.1) is 58.8 Å². The summed E-state index contributed by atoms with van der Waals surface area (Å²) in [7, 11) is 0. The van der Waals surface area contributed by atoms with Crippen molar-refractivity contribution in [2.24, 2.45) is 0 Å². The van der Waals surface area contributed by atoms with Crippen LogP contribution in [-0.4, -0.2) is 79.1 Å². The van der Waals surface area contributed by atoms with Crippen LogP contribution in [0, 0.1) is 0 Å². The molecule has 1 aliphatic heterocycles. The highest BCUT2D eigenvalue weighted by Gasteiger charge is 2.29. The first-order chi connectivity index (χ1) is 31.3. The Kier molecular flexibility index (Phi) is 18.1. The molecule has 12 nitrogen and oxygen atoms in total. The number of anilines is 4. The Balaban J connectivity index is 1.24. The summed E-state index contributed by atoms with van der Waals surface area (Å²) in [5, 5.41) is 24.1. The van der Waals surface area contributed by atoms with Gasteiger partial charge in [-0.2, -0.15) is 0 Å². The van der Waals surface area contributed by atoms with E-state index in [0.717, 1.165) is 94.5 Å². The van der Waals surface area contributed by atoms with Gasteiger partial charge in [-0.3, -0.25) is 4.98 Å². The summed E-state index contributed by atoms with van der Waals surface area (Å²) in [6.07, 6.45) is 10.0. The van der Waals surface area contributed by atoms with Crippen molar-refractivity contribution in [2.75, 3.05) is 65.9 Å². The minimum atomic E-state index is -1.02. The van der Waals surface area contributed by atoms with E-state index in [-0.39, 0.29) is 17.2 Å². The number of aromatic nitrogens is 1. The van der Waals surface area contributed by atoms with Gasteiger partial charge in [-0.25, -0.2) is 9.59 Å². The normalized spacial score (nSPS) is 13.6. The highest BCUT2D eigenvalue weighted by Crippen LogP contribution is 2.44. The number of nitrogens with one attached hydrogen (secondary N) is 1. The predicted molar refractivity (Wildman–Crippen MR) is 256 cm³/mol. The Morgan fingerprint density at radius 3 is 1.81 bits per heavy atom. The number of aromatic carboxylic acids is 2. The fourth-order valence-electron chi connectivity index (χ4n) is 7.95. The second-order valence-corrected chi connectivity index (χ2v) is 16.3. The third-order valence-electron chi connectivity index (χ3n) is 11.4. The number of benzene rings is 4. The van der Waals surface area contributed by atoms with Crippen LogP contribution in [0.4, 0.5) is 22.7 Å². The number of carboxylic acid groups (broad SMARTS) is 2. The van der Waals surface area contributed by atoms with E-state index in [2.05, 4.69) is 45.8 Å². The number of pyridine rings is 1. The molecule has 1 fully saturated rings. The lowest BCUT2D eigenvalue weighted by Gasteiger charge is -2.37. The molecule has 0 bridgehead atoms. The van der Waals surface area contributed by atoms with Crippen molar-refractivity contribution < 1.29 is 34.0 Å². The van der Waals surface area contributed by atoms with Gasteiger partial charge >= 0.3 is 11.9 Å². The highest BCUT2D eigenvalue weighted by atomic mass is 16.5. The molecule has 2 heterocycles. The maximum Gasteiger partial charge on any atom is 0.335 e. The zero-order chi connectivity index (χ0) is 45.1. The van der Waals surface area contributed by atoms with Gasteiger partial charge in [-0.05, 0) is 99.2 Å². The van der Waals surface area contributed by atoms with E-state index in [0.29, 0.717) is 67.2 Å². The van der Waals surface area contributed by atoms with E-state index in [1.165, 1.54) is 0 Å². The number of nitrogens with zero attached hydrogens (tertiary/aromatic N) is 4. The van der Waals surface area contributed by atoms with Gasteiger partial charge < -0.3 is 44.4 Å². The fourth-order valence-corrected chi connectivity index (χ4v) is 7.95. The lowest BCUT2D eigenvalue weighted by atomic mass is 10.1. The zero-order valence-corrected chi connectivity index (χ0v) is 37.7. The first kappa shape index (κ1) is 47.2. The van der Waals surface area contributed by atoms with E-state index in [1.807, 2.05) is 78.9 Å². The number of unbranched alkanes of at least 4 members (excludes halogenated alkanes) is 4. The van der Waals surface area contributed by atoms with Crippen molar-refractivity contribution in [1.82, 2.24) is 4.98 Å². The average Bonchev–Trinajstić information content (AvgIpc) is 3.32. The molecule has 64 heavy (non-hydrogen) atoms. The maximum absolute atomic E-state index is 12.7. The molecule has 1 atom stereocenters. The molecule has 0 amide bonds. The van der Waals surface area contributed by atoms with Crippen molar-refractivity contribution >= 4 is 34.7 Å². The van der Waals surface area contributed by atoms with E-state index in [1.54, 1.807) is 30.5 Å². The van der Waals surface area contributed by atoms with Crippen LogP contribution in [0.25, 0.3) is 0 Å². The second-order valence-electron chi connectivity index (χ2n) is 16.3. The van der Waals surface area contributed by atoms with E-state index in [9.17, 15) is 19.8 Å². The molecule has 5 aromatic rings. The molecule has 12 heteroatoms. The van der Waals surface area contributed by atoms with E-state index < -0.39 is 11.9 Å². The van der Waals surface area contributed by atoms with Crippen LogP contribution in [0.3, 0.4) is 0 Å². The highest BCUT2D eigenvalue weighted by molar-refractivity contribution is 5.94. The molecule has 0 spiro atoms. The molecule has 1 unspecified atom stereocenters. The summed E-state index contributed by atoms with van der Waals surface area (Å²) >= 11 is 0. The molecule has 6 rings (SSSR count). The molecule has 1 aliphatic rings. The summed E-state index contributed by atoms with van der Waals surface area (Å²) < 4.78 is 19.8. The van der Waals surface area contributed by atoms with Crippen LogP contribution >= 0.6 is 0 Å². The Morgan fingerprint density at radius 2 is 1.25 bits per heavy atom. The van der Waals surface area contributed by atoms with Crippen molar-refractivity contribution in [1.29, 1.82) is 0 Å². The molecule has 0 saturated carbocycles. The quantitative estimate of drug-likeness (QED) is 0.0456. The van der Waals surface area contributed by atoms with Crippen molar-refractivity contribution in [3.8, 4) is 23.0 Å². The third kappa shape index (κ3) is 13.4. The molecule has 340 valence electrons. The number of morpholine rings is 1. The Morgan fingerprint density at radius 1 is 0.703 bits per heavy atom. The van der Waals surface area contributed by atoms with Crippen molar-refractivity contribution in [2.45, 2.75) is 91.2 Å². The lowest BCUT2D eigenvalue weighted by molar-refractivity contribution is 0.0336. The Hall–Kier alpha value is -6.27. The molecule has 1 saturated heterocycles. The Bertz CT molecular complexity index is 2200. The van der Waals surface area contributed by atoms with E-state index in [4.69, 9.17) is 14.2 Å². The molecule has 1 aromatic heterocycles. The largest absolute Gasteiger partial charge is 0.478 e. The summed E-state index contributed by atoms with van der Waals surface area (Å²) in [6.45, 7) is 11.6. The lowest BCUT2D eigenvalue weighted by Crippen LogP contribution is -2.43. The van der Waals surface area contributed by atoms with Crippen LogP contribution in [0.15, 0.2) is 109 Å². The summed E-state index contributed by atoms with van der Waals surface area (Å²) in [4.78, 5) is 36.5. The van der Waals surface area contributed by atoms with Crippen LogP contribution in [-0.2, 0) is 11.3 Å². The second kappa shape index (κ2) is 24.5. The van der Waals surface area contributed by atoms with Crippen molar-refractivity contribution in [3.63, 3.8) is 0 Å². The average molecular weight is 872 g/mol. The van der Waals surface area contributed by atoms with Gasteiger partial charge in [0.2, 0.25) is 0 Å². The van der Waals surface area contributed by atoms with Crippen LogP contribution < -0.4 is 29.5 Å². The van der Waals surface area contributed by atoms with Gasteiger partial charge in [0.15, 0.2) is 11.5 Å². The third-order valence-corrected chi connectivity index (χ3v) is 11.4. The van der Waals surface area contributed by atoms with Crippen molar-refractivity contribution in [3.05, 3.63) is 126 Å². The number of carbonyl (C=O) groups is 2. The Labute approximate surface area is 378 Å². The SMILES string of the molecule is CCCCN(CCCCC1CN(c2cc(C(=O)O)cc(N(CCCC)CCCC)c2Oc2ccccc2)CCO1)c1cc(C(=O)O)cc(NCc2ccccn2)c1Oc1ccccc1. The smallest absolute Gasteiger partial charge is 0.335 e. The van der Waals surface area contributed by atoms with E-state index >= 15 is 0 Å². The van der Waals surface area contributed by atoms with Gasteiger partial charge in [0.1, 0.15) is 11.5 Å². The number of hydrogen-bond acceptors (Lipinski definition) is 10. The molecular weight excluding hydrogens is 807 g/mol. The summed E-state index contributed by atoms with van der Waals surface area (Å²) in [5.41, 5.74) is 4.06. The summed E-state index contributed by atoms with van der Waals surface area (Å²) in [5.74, 6) is 0.583. The first-order valence-electron chi connectivity index (χ1n) is 23.1. The fraction of sp³-hybridized carbons (Fsp3) is 0.404. The van der Waals surface area contributed by atoms with Gasteiger partial charge in [0.25, 0.3) is 0 Å². The number of ether oxygens (including phenoxy) is 3. The van der Waals surface area contributed by atoms with Gasteiger partial charge in [-0.15, -0.1) is 0 Å². The zero-order valence-electron chi connectivity index (χ0n) is 37.7. The van der Waals surface area contributed by atoms with Crippen LogP contribution in [0.2, 0.25) is 0 Å². The molecular formula is C52H65N5O7. The molecule has 0 aliphatic carbocycles. The molecule has 0 radical (unpaired) electrons. The topological polar surface area (TPSA) is 137 Å². The molecule has 3 N–H and O–H groups in total. The standard InChI is InChI=1S/C52H65N5O7/c1-4-7-27-55(28-8-5-2)47-35-40(52(60)61)36-48(50(47)64-43-23-14-11-15-24-43)57-31-32-62-44(38-57)25-17-19-30-56(29-9-6-3)46-34-39(51(58)59)33-45(54-37-41-20-16-18-26-53-41)49(46)63-42-21-12-10-13-22-42/h10-16,18,20-24,26,33-36,44,54H,4-9,17,19,25,27-32,37-38H2,1-3H3,(H,58,59)(H,60,61).